The van der Waals surface area contributed by atoms with Crippen molar-refractivity contribution in [3.63, 3.8) is 0 Å². The van der Waals surface area contributed by atoms with Crippen molar-refractivity contribution in [1.29, 1.82) is 0 Å². The molecule has 1 amide bonds. The normalized spacial score (nSPS) is 11.7. The van der Waals surface area contributed by atoms with Crippen molar-refractivity contribution >= 4 is 23.5 Å². The van der Waals surface area contributed by atoms with Gasteiger partial charge in [-0.2, -0.15) is 5.10 Å². The Hall–Kier alpha value is -3.12. The van der Waals surface area contributed by atoms with Crippen LogP contribution >= 0.6 is 11.6 Å². The van der Waals surface area contributed by atoms with Gasteiger partial charge in [0, 0.05) is 36.4 Å². The zero-order chi connectivity index (χ0) is 21.0. The van der Waals surface area contributed by atoms with Crippen molar-refractivity contribution in [3.8, 4) is 16.9 Å². The van der Waals surface area contributed by atoms with Crippen LogP contribution in [-0.4, -0.2) is 46.8 Å². The first kappa shape index (κ1) is 20.6. The van der Waals surface area contributed by atoms with E-state index in [2.05, 4.69) is 5.10 Å². The SMILES string of the molecule is C[C@@H](OC(=O)Cc1cn(-c2ccccc2)nc1-c1ccc(Cl)cc1)C(=O)N(C)C. The minimum absolute atomic E-state index is 0.00413. The molecule has 3 rings (SSSR count). The maximum Gasteiger partial charge on any atom is 0.311 e. The van der Waals surface area contributed by atoms with E-state index < -0.39 is 12.1 Å². The highest BCUT2D eigenvalue weighted by molar-refractivity contribution is 6.30. The Morgan fingerprint density at radius 3 is 2.38 bits per heavy atom. The van der Waals surface area contributed by atoms with Gasteiger partial charge in [0.15, 0.2) is 6.10 Å². The summed E-state index contributed by atoms with van der Waals surface area (Å²) in [5.74, 6) is -0.758. The summed E-state index contributed by atoms with van der Waals surface area (Å²) in [4.78, 5) is 25.8. The molecule has 0 aliphatic carbocycles. The lowest BCUT2D eigenvalue weighted by Gasteiger charge is -2.17. The average molecular weight is 412 g/mol. The fourth-order valence-electron chi connectivity index (χ4n) is 2.91. The number of halogens is 1. The van der Waals surface area contributed by atoms with E-state index in [1.165, 1.54) is 4.90 Å². The van der Waals surface area contributed by atoms with Crippen molar-refractivity contribution < 1.29 is 14.3 Å². The number of ether oxygens (including phenoxy) is 1. The molecule has 29 heavy (non-hydrogen) atoms. The molecule has 1 heterocycles. The van der Waals surface area contributed by atoms with E-state index in [0.29, 0.717) is 16.3 Å². The van der Waals surface area contributed by atoms with E-state index >= 15 is 0 Å². The number of rotatable bonds is 6. The molecule has 0 bridgehead atoms. The molecule has 6 nitrogen and oxygen atoms in total. The van der Waals surface area contributed by atoms with E-state index in [0.717, 1.165) is 11.3 Å². The molecule has 0 aliphatic heterocycles. The van der Waals surface area contributed by atoms with Crippen LogP contribution in [0.15, 0.2) is 60.8 Å². The summed E-state index contributed by atoms with van der Waals surface area (Å²) in [6, 6.07) is 16.9. The number of carbonyl (C=O) groups excluding carboxylic acids is 2. The molecule has 150 valence electrons. The van der Waals surface area contributed by atoms with Crippen LogP contribution in [-0.2, 0) is 20.7 Å². The monoisotopic (exact) mass is 411 g/mol. The Labute approximate surface area is 174 Å². The summed E-state index contributed by atoms with van der Waals surface area (Å²) in [6.07, 6.45) is 0.954. The summed E-state index contributed by atoms with van der Waals surface area (Å²) in [5.41, 5.74) is 3.07. The molecule has 3 aromatic rings. The van der Waals surface area contributed by atoms with Crippen LogP contribution in [0, 0.1) is 0 Å². The van der Waals surface area contributed by atoms with E-state index in [9.17, 15) is 9.59 Å². The third-order valence-electron chi connectivity index (χ3n) is 4.36. The number of hydrogen-bond acceptors (Lipinski definition) is 4. The number of benzene rings is 2. The zero-order valence-electron chi connectivity index (χ0n) is 16.5. The largest absolute Gasteiger partial charge is 0.452 e. The van der Waals surface area contributed by atoms with Crippen molar-refractivity contribution in [2.24, 2.45) is 0 Å². The molecule has 0 N–H and O–H groups in total. The number of carbonyl (C=O) groups is 2. The summed E-state index contributed by atoms with van der Waals surface area (Å²) >= 11 is 6.00. The Bertz CT molecular complexity index is 998. The second kappa shape index (κ2) is 8.92. The zero-order valence-corrected chi connectivity index (χ0v) is 17.3. The third kappa shape index (κ3) is 5.03. The second-order valence-electron chi connectivity index (χ2n) is 6.83. The van der Waals surface area contributed by atoms with Gasteiger partial charge in [0.1, 0.15) is 0 Å². The van der Waals surface area contributed by atoms with Crippen molar-refractivity contribution in [1.82, 2.24) is 14.7 Å². The van der Waals surface area contributed by atoms with Crippen molar-refractivity contribution in [3.05, 3.63) is 71.4 Å². The summed E-state index contributed by atoms with van der Waals surface area (Å²) in [5, 5.41) is 5.29. The highest BCUT2D eigenvalue weighted by Crippen LogP contribution is 2.26. The lowest BCUT2D eigenvalue weighted by atomic mass is 10.1. The van der Waals surface area contributed by atoms with Crippen LogP contribution in [0.1, 0.15) is 12.5 Å². The van der Waals surface area contributed by atoms with Crippen LogP contribution in [0.5, 0.6) is 0 Å². The molecule has 1 aromatic heterocycles. The van der Waals surface area contributed by atoms with Crippen LogP contribution < -0.4 is 0 Å². The lowest BCUT2D eigenvalue weighted by molar-refractivity contribution is -0.157. The number of likely N-dealkylation sites (N-methyl/N-ethyl adjacent to an activating group) is 1. The molecule has 0 spiro atoms. The number of nitrogens with zero attached hydrogens (tertiary/aromatic N) is 3. The van der Waals surface area contributed by atoms with Gasteiger partial charge < -0.3 is 9.64 Å². The third-order valence-corrected chi connectivity index (χ3v) is 4.61. The van der Waals surface area contributed by atoms with Gasteiger partial charge in [0.05, 0.1) is 17.8 Å². The molecule has 0 aliphatic rings. The number of esters is 1. The number of para-hydroxylation sites is 1. The molecule has 0 unspecified atom stereocenters. The van der Waals surface area contributed by atoms with Crippen LogP contribution in [0.3, 0.4) is 0 Å². The molecule has 0 radical (unpaired) electrons. The Balaban J connectivity index is 1.90. The predicted molar refractivity (Wildman–Crippen MR) is 112 cm³/mol. The van der Waals surface area contributed by atoms with E-state index in [4.69, 9.17) is 16.3 Å². The first-order chi connectivity index (χ1) is 13.8. The number of aromatic nitrogens is 2. The minimum Gasteiger partial charge on any atom is -0.452 e. The molecule has 0 fully saturated rings. The van der Waals surface area contributed by atoms with Crippen molar-refractivity contribution in [2.45, 2.75) is 19.4 Å². The summed E-state index contributed by atoms with van der Waals surface area (Å²) in [7, 11) is 3.24. The van der Waals surface area contributed by atoms with Crippen LogP contribution in [0.4, 0.5) is 0 Å². The maximum absolute atomic E-state index is 12.5. The van der Waals surface area contributed by atoms with Gasteiger partial charge in [-0.25, -0.2) is 4.68 Å². The fourth-order valence-corrected chi connectivity index (χ4v) is 3.04. The lowest BCUT2D eigenvalue weighted by Crippen LogP contribution is -2.35. The van der Waals surface area contributed by atoms with E-state index in [-0.39, 0.29) is 12.3 Å². The standard InChI is InChI=1S/C22H22ClN3O3/c1-15(22(28)25(2)3)29-20(27)13-17-14-26(19-7-5-4-6-8-19)24-21(17)16-9-11-18(23)12-10-16/h4-12,14-15H,13H2,1-3H3/t15-/m1/s1. The molecular formula is C22H22ClN3O3. The quantitative estimate of drug-likeness (QED) is 0.579. The van der Waals surface area contributed by atoms with Gasteiger partial charge in [-0.15, -0.1) is 0 Å². The van der Waals surface area contributed by atoms with Gasteiger partial charge in [0.25, 0.3) is 5.91 Å². The maximum atomic E-state index is 12.5. The van der Waals surface area contributed by atoms with Crippen LogP contribution in [0.2, 0.25) is 5.02 Å². The molecule has 7 heteroatoms. The predicted octanol–water partition coefficient (Wildman–Crippen LogP) is 3.76. The topological polar surface area (TPSA) is 64.4 Å². The van der Waals surface area contributed by atoms with Gasteiger partial charge in [-0.1, -0.05) is 41.9 Å². The fraction of sp³-hybridized carbons (Fsp3) is 0.227. The van der Waals surface area contributed by atoms with E-state index in [1.54, 1.807) is 44.0 Å². The first-order valence-corrected chi connectivity index (χ1v) is 9.53. The first-order valence-electron chi connectivity index (χ1n) is 9.15. The number of hydrogen-bond donors (Lipinski definition) is 0. The summed E-state index contributed by atoms with van der Waals surface area (Å²) in [6.45, 7) is 1.56. The number of amides is 1. The van der Waals surface area contributed by atoms with Gasteiger partial charge in [-0.3, -0.25) is 9.59 Å². The average Bonchev–Trinajstić information content (AvgIpc) is 3.12. The molecule has 2 aromatic carbocycles. The Kier molecular flexibility index (Phi) is 6.34. The van der Waals surface area contributed by atoms with Gasteiger partial charge >= 0.3 is 5.97 Å². The highest BCUT2D eigenvalue weighted by Gasteiger charge is 2.22. The minimum atomic E-state index is -0.847. The Morgan fingerprint density at radius 2 is 1.76 bits per heavy atom. The van der Waals surface area contributed by atoms with Crippen LogP contribution in [0.25, 0.3) is 16.9 Å². The Morgan fingerprint density at radius 1 is 1.10 bits per heavy atom. The molecule has 1 atom stereocenters. The highest BCUT2D eigenvalue weighted by atomic mass is 35.5. The second-order valence-corrected chi connectivity index (χ2v) is 7.27. The molecule has 0 saturated carbocycles. The molecule has 0 saturated heterocycles. The van der Waals surface area contributed by atoms with Crippen molar-refractivity contribution in [2.75, 3.05) is 14.1 Å². The van der Waals surface area contributed by atoms with Gasteiger partial charge in [-0.05, 0) is 31.2 Å². The smallest absolute Gasteiger partial charge is 0.311 e. The summed E-state index contributed by atoms with van der Waals surface area (Å²) < 4.78 is 7.04. The van der Waals surface area contributed by atoms with E-state index in [1.807, 2.05) is 42.5 Å². The molecular weight excluding hydrogens is 390 g/mol. The van der Waals surface area contributed by atoms with Gasteiger partial charge in [0.2, 0.25) is 0 Å².